The second kappa shape index (κ2) is 10.1. The summed E-state index contributed by atoms with van der Waals surface area (Å²) in [6, 6.07) is 26.4. The van der Waals surface area contributed by atoms with Crippen LogP contribution in [0.3, 0.4) is 0 Å². The van der Waals surface area contributed by atoms with Gasteiger partial charge in [0.2, 0.25) is 0 Å². The van der Waals surface area contributed by atoms with Crippen LogP contribution >= 0.6 is 0 Å². The molecule has 5 aromatic rings. The number of terminal acetylenes is 1. The molecule has 0 fully saturated rings. The molecule has 0 N–H and O–H groups in total. The summed E-state index contributed by atoms with van der Waals surface area (Å²) in [5.74, 6) is 3.00. The molecule has 0 bridgehead atoms. The van der Waals surface area contributed by atoms with Crippen LogP contribution in [0, 0.1) is 12.3 Å². The van der Waals surface area contributed by atoms with Gasteiger partial charge in [-0.1, -0.05) is 91.8 Å². The predicted molar refractivity (Wildman–Crippen MR) is 171 cm³/mol. The molecular formula is C38H32N2. The van der Waals surface area contributed by atoms with Crippen molar-refractivity contribution in [3.8, 4) is 18.0 Å². The maximum absolute atomic E-state index is 6.14. The summed E-state index contributed by atoms with van der Waals surface area (Å²) in [6.45, 7) is 2.21. The molecule has 0 saturated carbocycles. The van der Waals surface area contributed by atoms with E-state index in [1.165, 1.54) is 61.1 Å². The highest BCUT2D eigenvalue weighted by Crippen LogP contribution is 2.35. The highest BCUT2D eigenvalue weighted by atomic mass is 15.0. The lowest BCUT2D eigenvalue weighted by molar-refractivity contribution is 0.888. The standard InChI is InChI=1S/C38H32N2/c1-3-27(21-24-29(4-2)39-35-17-9-5-13-31(35)32-14-6-10-18-36(32)39)28-22-25-30(26-23-28)40-37-19-11-7-15-33(37)34-16-8-12-20-38(34)40/h2,5-9,11,13-17,19,21-26H,3,10,12,18,20H2,1H3/b27-21+,29-24+. The Morgan fingerprint density at radius 1 is 0.775 bits per heavy atom. The van der Waals surface area contributed by atoms with E-state index in [0.29, 0.717) is 0 Å². The van der Waals surface area contributed by atoms with Crippen molar-refractivity contribution in [1.82, 2.24) is 9.13 Å². The monoisotopic (exact) mass is 516 g/mol. The van der Waals surface area contributed by atoms with Gasteiger partial charge in [0.25, 0.3) is 0 Å². The minimum absolute atomic E-state index is 0.883. The second-order valence-corrected chi connectivity index (χ2v) is 10.6. The van der Waals surface area contributed by atoms with Gasteiger partial charge in [-0.2, -0.15) is 0 Å². The van der Waals surface area contributed by atoms with Gasteiger partial charge in [-0.05, 0) is 73.6 Å². The lowest BCUT2D eigenvalue weighted by atomic mass is 10.0. The zero-order valence-corrected chi connectivity index (χ0v) is 22.9. The smallest absolute Gasteiger partial charge is 0.0964 e. The predicted octanol–water partition coefficient (Wildman–Crippen LogP) is 9.47. The topological polar surface area (TPSA) is 9.86 Å². The van der Waals surface area contributed by atoms with Gasteiger partial charge >= 0.3 is 0 Å². The van der Waals surface area contributed by atoms with Gasteiger partial charge in [0, 0.05) is 39.0 Å². The van der Waals surface area contributed by atoms with E-state index in [1.807, 2.05) is 0 Å². The van der Waals surface area contributed by atoms with Crippen molar-refractivity contribution in [2.24, 2.45) is 0 Å². The van der Waals surface area contributed by atoms with Gasteiger partial charge in [0.15, 0.2) is 0 Å². The third-order valence-corrected chi connectivity index (χ3v) is 8.40. The minimum Gasteiger partial charge on any atom is -0.313 e. The Balaban J connectivity index is 1.27. The summed E-state index contributed by atoms with van der Waals surface area (Å²) in [5.41, 5.74) is 12.4. The Morgan fingerprint density at radius 3 is 2.10 bits per heavy atom. The molecular weight excluding hydrogens is 484 g/mol. The molecule has 3 aromatic carbocycles. The Morgan fingerprint density at radius 2 is 1.40 bits per heavy atom. The van der Waals surface area contributed by atoms with Crippen LogP contribution in [0.4, 0.5) is 0 Å². The molecule has 0 amide bonds. The Bertz CT molecular complexity index is 1920. The largest absolute Gasteiger partial charge is 0.313 e. The van der Waals surface area contributed by atoms with Crippen LogP contribution < -0.4 is 0 Å². The van der Waals surface area contributed by atoms with Crippen molar-refractivity contribution in [2.45, 2.75) is 39.0 Å². The maximum Gasteiger partial charge on any atom is 0.0964 e. The van der Waals surface area contributed by atoms with Gasteiger partial charge < -0.3 is 9.13 Å². The molecule has 0 atom stereocenters. The Hall–Kier alpha value is -4.74. The summed E-state index contributed by atoms with van der Waals surface area (Å²) in [6.07, 6.45) is 24.7. The molecule has 7 rings (SSSR count). The highest BCUT2D eigenvalue weighted by molar-refractivity contribution is 5.96. The molecule has 0 saturated heterocycles. The van der Waals surface area contributed by atoms with E-state index in [2.05, 4.69) is 131 Å². The fourth-order valence-corrected chi connectivity index (χ4v) is 6.52. The summed E-state index contributed by atoms with van der Waals surface area (Å²) in [5, 5.41) is 2.59. The van der Waals surface area contributed by atoms with Crippen molar-refractivity contribution in [2.75, 3.05) is 0 Å². The molecule has 0 radical (unpaired) electrons. The van der Waals surface area contributed by atoms with Crippen LogP contribution in [0.5, 0.6) is 0 Å². The minimum atomic E-state index is 0.883. The number of hydrogen-bond donors (Lipinski definition) is 0. The normalized spacial score (nSPS) is 14.9. The zero-order valence-electron chi connectivity index (χ0n) is 22.9. The van der Waals surface area contributed by atoms with Crippen molar-refractivity contribution in [3.63, 3.8) is 0 Å². The van der Waals surface area contributed by atoms with E-state index in [0.717, 1.165) is 37.8 Å². The highest BCUT2D eigenvalue weighted by Gasteiger charge is 2.19. The average Bonchev–Trinajstić information content (AvgIpc) is 3.53. The van der Waals surface area contributed by atoms with Crippen LogP contribution in [0.25, 0.3) is 50.9 Å². The number of nitrogens with zero attached hydrogens (tertiary/aromatic N) is 2. The number of rotatable bonds is 5. The summed E-state index contributed by atoms with van der Waals surface area (Å²) < 4.78 is 4.73. The summed E-state index contributed by atoms with van der Waals surface area (Å²) >= 11 is 0. The first kappa shape index (κ1) is 24.3. The van der Waals surface area contributed by atoms with E-state index in [9.17, 15) is 0 Å². The summed E-state index contributed by atoms with van der Waals surface area (Å²) in [4.78, 5) is 0. The van der Waals surface area contributed by atoms with Crippen LogP contribution in [-0.4, -0.2) is 9.13 Å². The van der Waals surface area contributed by atoms with Crippen LogP contribution in [-0.2, 0) is 12.8 Å². The van der Waals surface area contributed by atoms with Crippen molar-refractivity contribution in [1.29, 1.82) is 0 Å². The SMILES string of the molecule is C#C/C(=C\C=C(/CC)c1ccc(-n2c3c(c4ccccc42)C=CCC3)cc1)n1c2c(c3ccccc31)C=CCC2. The lowest BCUT2D eigenvalue weighted by Crippen LogP contribution is -2.03. The van der Waals surface area contributed by atoms with Crippen LogP contribution in [0.2, 0.25) is 0 Å². The van der Waals surface area contributed by atoms with E-state index in [-0.39, 0.29) is 0 Å². The number of para-hydroxylation sites is 2. The number of allylic oxidation sites excluding steroid dienone is 6. The van der Waals surface area contributed by atoms with E-state index in [4.69, 9.17) is 6.42 Å². The second-order valence-electron chi connectivity index (χ2n) is 10.6. The first-order chi connectivity index (χ1) is 19.8. The van der Waals surface area contributed by atoms with Gasteiger partial charge in [-0.3, -0.25) is 0 Å². The van der Waals surface area contributed by atoms with Crippen molar-refractivity contribution < 1.29 is 0 Å². The first-order valence-electron chi connectivity index (χ1n) is 14.3. The number of fused-ring (bicyclic) bond motifs is 6. The molecule has 0 spiro atoms. The fourth-order valence-electron chi connectivity index (χ4n) is 6.52. The molecule has 40 heavy (non-hydrogen) atoms. The molecule has 2 aromatic heterocycles. The number of aromatic nitrogens is 2. The third kappa shape index (κ3) is 3.90. The molecule has 2 aliphatic rings. The zero-order chi connectivity index (χ0) is 27.1. The van der Waals surface area contributed by atoms with E-state index < -0.39 is 0 Å². The third-order valence-electron chi connectivity index (χ3n) is 8.40. The molecule has 2 aliphatic carbocycles. The molecule has 194 valence electrons. The Labute approximate surface area is 236 Å². The van der Waals surface area contributed by atoms with Crippen molar-refractivity contribution in [3.05, 3.63) is 125 Å². The summed E-state index contributed by atoms with van der Waals surface area (Å²) in [7, 11) is 0. The van der Waals surface area contributed by atoms with Gasteiger partial charge in [0.05, 0.1) is 16.7 Å². The van der Waals surface area contributed by atoms with Crippen molar-refractivity contribution >= 4 is 45.2 Å². The van der Waals surface area contributed by atoms with E-state index in [1.54, 1.807) is 0 Å². The average molecular weight is 517 g/mol. The molecule has 0 aliphatic heterocycles. The molecule has 2 heteroatoms. The van der Waals surface area contributed by atoms with Gasteiger partial charge in [-0.25, -0.2) is 0 Å². The molecule has 2 nitrogen and oxygen atoms in total. The van der Waals surface area contributed by atoms with Gasteiger partial charge in [-0.15, -0.1) is 6.42 Å². The fraction of sp³-hybridized carbons (Fsp3) is 0.158. The van der Waals surface area contributed by atoms with E-state index >= 15 is 0 Å². The molecule has 0 unspecified atom stereocenters. The Kier molecular flexibility index (Phi) is 6.14. The van der Waals surface area contributed by atoms with Crippen LogP contribution in [0.1, 0.15) is 54.3 Å². The van der Waals surface area contributed by atoms with Crippen LogP contribution in [0.15, 0.2) is 97.1 Å². The first-order valence-corrected chi connectivity index (χ1v) is 14.3. The maximum atomic E-state index is 6.14. The lowest BCUT2D eigenvalue weighted by Gasteiger charge is -2.14. The number of hydrogen-bond acceptors (Lipinski definition) is 0. The number of benzene rings is 3. The quantitative estimate of drug-likeness (QED) is 0.163. The van der Waals surface area contributed by atoms with Gasteiger partial charge in [0.1, 0.15) is 0 Å². The molecule has 2 heterocycles.